The van der Waals surface area contributed by atoms with Crippen molar-refractivity contribution in [2.45, 2.75) is 24.6 Å². The predicted molar refractivity (Wildman–Crippen MR) is 78.0 cm³/mol. The number of aromatic carboxylic acids is 1. The molecule has 0 amide bonds. The Morgan fingerprint density at radius 1 is 1.48 bits per heavy atom. The number of carboxylic acids is 1. The van der Waals surface area contributed by atoms with Crippen LogP contribution in [0.5, 0.6) is 0 Å². The van der Waals surface area contributed by atoms with E-state index in [1.165, 1.54) is 16.6 Å². The van der Waals surface area contributed by atoms with Gasteiger partial charge in [-0.3, -0.25) is 0 Å². The number of carbonyl (C=O) groups is 1. The fourth-order valence-corrected chi connectivity index (χ4v) is 4.81. The second kappa shape index (κ2) is 6.00. The first kappa shape index (κ1) is 15.7. The second-order valence-electron chi connectivity index (χ2n) is 4.39. The Kier molecular flexibility index (Phi) is 4.50. The maximum Gasteiger partial charge on any atom is 0.346 e. The minimum atomic E-state index is -3.73. The molecule has 6 nitrogen and oxygen atoms in total. The molecule has 1 N–H and O–H groups in total. The van der Waals surface area contributed by atoms with Gasteiger partial charge in [-0.05, 0) is 30.7 Å². The Bertz CT molecular complexity index is 731. The van der Waals surface area contributed by atoms with E-state index in [-0.39, 0.29) is 22.2 Å². The largest absolute Gasteiger partial charge is 0.477 e. The zero-order valence-corrected chi connectivity index (χ0v) is 13.2. The van der Waals surface area contributed by atoms with Gasteiger partial charge in [0.2, 0.25) is 0 Å². The van der Waals surface area contributed by atoms with Crippen LogP contribution in [0.15, 0.2) is 33.1 Å². The van der Waals surface area contributed by atoms with Gasteiger partial charge in [0.25, 0.3) is 10.0 Å². The van der Waals surface area contributed by atoms with Gasteiger partial charge in [-0.2, -0.15) is 4.31 Å². The highest BCUT2D eigenvalue weighted by atomic mass is 32.2. The summed E-state index contributed by atoms with van der Waals surface area (Å²) in [5, 5.41) is 9.03. The predicted octanol–water partition coefficient (Wildman–Crippen LogP) is 2.56. The molecule has 0 aliphatic rings. The first-order valence-corrected chi connectivity index (χ1v) is 8.48. The third kappa shape index (κ3) is 3.17. The van der Waals surface area contributed by atoms with Crippen LogP contribution in [-0.4, -0.2) is 30.3 Å². The normalized spacial score (nSPS) is 12.0. The standard InChI is InChI=1S/C13H15NO5S2/c1-3-14(8-10-5-4-6-19-10)21(17,18)11-7-9(2)12(20-11)13(15)16/h4-7H,3,8H2,1-2H3,(H,15,16). The molecular weight excluding hydrogens is 314 g/mol. The first-order valence-electron chi connectivity index (χ1n) is 6.22. The average Bonchev–Trinajstić information content (AvgIpc) is 3.04. The molecule has 2 rings (SSSR count). The number of hydrogen-bond donors (Lipinski definition) is 1. The molecule has 21 heavy (non-hydrogen) atoms. The van der Waals surface area contributed by atoms with E-state index in [4.69, 9.17) is 9.52 Å². The maximum atomic E-state index is 12.6. The van der Waals surface area contributed by atoms with Crippen LogP contribution < -0.4 is 0 Å². The van der Waals surface area contributed by atoms with Crippen molar-refractivity contribution >= 4 is 27.3 Å². The van der Waals surface area contributed by atoms with Crippen molar-refractivity contribution < 1.29 is 22.7 Å². The topological polar surface area (TPSA) is 87.8 Å². The fraction of sp³-hybridized carbons (Fsp3) is 0.308. The van der Waals surface area contributed by atoms with Gasteiger partial charge in [0.15, 0.2) is 0 Å². The number of rotatable bonds is 6. The summed E-state index contributed by atoms with van der Waals surface area (Å²) in [4.78, 5) is 11.1. The number of aryl methyl sites for hydroxylation is 1. The molecule has 0 unspecified atom stereocenters. The van der Waals surface area contributed by atoms with Crippen LogP contribution >= 0.6 is 11.3 Å². The highest BCUT2D eigenvalue weighted by molar-refractivity contribution is 7.91. The van der Waals surface area contributed by atoms with Crippen molar-refractivity contribution in [1.82, 2.24) is 4.31 Å². The lowest BCUT2D eigenvalue weighted by Gasteiger charge is -2.18. The molecular formula is C13H15NO5S2. The highest BCUT2D eigenvalue weighted by Gasteiger charge is 2.28. The third-order valence-corrected chi connectivity index (χ3v) is 6.54. The van der Waals surface area contributed by atoms with Gasteiger partial charge in [0, 0.05) is 6.54 Å². The van der Waals surface area contributed by atoms with Crippen LogP contribution in [0.4, 0.5) is 0 Å². The van der Waals surface area contributed by atoms with Crippen LogP contribution in [0, 0.1) is 6.92 Å². The third-order valence-electron chi connectivity index (χ3n) is 2.95. The van der Waals surface area contributed by atoms with E-state index >= 15 is 0 Å². The molecule has 0 atom stereocenters. The Balaban J connectivity index is 2.35. The average molecular weight is 329 g/mol. The molecule has 0 saturated heterocycles. The first-order chi connectivity index (χ1) is 9.86. The Morgan fingerprint density at radius 3 is 2.67 bits per heavy atom. The lowest BCUT2D eigenvalue weighted by molar-refractivity contribution is 0.0701. The quantitative estimate of drug-likeness (QED) is 0.880. The summed E-state index contributed by atoms with van der Waals surface area (Å²) >= 11 is 0.771. The summed E-state index contributed by atoms with van der Waals surface area (Å²) in [5.41, 5.74) is 0.445. The molecule has 8 heteroatoms. The van der Waals surface area contributed by atoms with Gasteiger partial charge in [0.1, 0.15) is 14.8 Å². The molecule has 0 aliphatic carbocycles. The molecule has 0 aromatic carbocycles. The Labute approximate surface area is 126 Å². The van der Waals surface area contributed by atoms with Crippen LogP contribution in [0.1, 0.15) is 27.9 Å². The molecule has 2 aromatic heterocycles. The van der Waals surface area contributed by atoms with E-state index in [0.29, 0.717) is 11.3 Å². The van der Waals surface area contributed by atoms with Crippen LogP contribution in [-0.2, 0) is 16.6 Å². The van der Waals surface area contributed by atoms with E-state index in [1.54, 1.807) is 26.0 Å². The summed E-state index contributed by atoms with van der Waals surface area (Å²) in [7, 11) is -3.73. The Hall–Kier alpha value is -1.64. The summed E-state index contributed by atoms with van der Waals surface area (Å²) in [6, 6.07) is 4.78. The molecule has 114 valence electrons. The van der Waals surface area contributed by atoms with Crippen molar-refractivity contribution in [3.8, 4) is 0 Å². The number of sulfonamides is 1. The molecule has 0 bridgehead atoms. The lowest BCUT2D eigenvalue weighted by Crippen LogP contribution is -2.29. The number of nitrogens with zero attached hydrogens (tertiary/aromatic N) is 1. The smallest absolute Gasteiger partial charge is 0.346 e. The van der Waals surface area contributed by atoms with Crippen molar-refractivity contribution in [2.24, 2.45) is 0 Å². The number of thiophene rings is 1. The molecule has 2 aromatic rings. The monoisotopic (exact) mass is 329 g/mol. The summed E-state index contributed by atoms with van der Waals surface area (Å²) in [5.74, 6) is -0.583. The lowest BCUT2D eigenvalue weighted by atomic mass is 10.3. The molecule has 0 spiro atoms. The summed E-state index contributed by atoms with van der Waals surface area (Å²) < 4.78 is 31.6. The molecule has 0 radical (unpaired) electrons. The zero-order chi connectivity index (χ0) is 15.6. The van der Waals surface area contributed by atoms with Crippen LogP contribution in [0.25, 0.3) is 0 Å². The van der Waals surface area contributed by atoms with Crippen molar-refractivity contribution in [3.63, 3.8) is 0 Å². The minimum Gasteiger partial charge on any atom is -0.477 e. The van der Waals surface area contributed by atoms with E-state index in [9.17, 15) is 13.2 Å². The van der Waals surface area contributed by atoms with Gasteiger partial charge >= 0.3 is 5.97 Å². The van der Waals surface area contributed by atoms with Crippen molar-refractivity contribution in [3.05, 3.63) is 40.7 Å². The summed E-state index contributed by atoms with van der Waals surface area (Å²) in [6.07, 6.45) is 1.48. The van der Waals surface area contributed by atoms with Crippen LogP contribution in [0.2, 0.25) is 0 Å². The second-order valence-corrected chi connectivity index (χ2v) is 7.61. The molecule has 0 aliphatic heterocycles. The number of carboxylic acid groups (broad SMARTS) is 1. The SMILES string of the molecule is CCN(Cc1ccco1)S(=O)(=O)c1cc(C)c(C(=O)O)s1. The van der Waals surface area contributed by atoms with E-state index < -0.39 is 16.0 Å². The van der Waals surface area contributed by atoms with Gasteiger partial charge in [0.05, 0.1) is 12.8 Å². The number of furan rings is 1. The van der Waals surface area contributed by atoms with E-state index in [2.05, 4.69) is 0 Å². The van der Waals surface area contributed by atoms with Gasteiger partial charge in [-0.25, -0.2) is 13.2 Å². The van der Waals surface area contributed by atoms with Gasteiger partial charge < -0.3 is 9.52 Å². The van der Waals surface area contributed by atoms with E-state index in [1.807, 2.05) is 0 Å². The van der Waals surface area contributed by atoms with Crippen LogP contribution in [0.3, 0.4) is 0 Å². The van der Waals surface area contributed by atoms with Crippen molar-refractivity contribution in [2.75, 3.05) is 6.54 Å². The zero-order valence-electron chi connectivity index (χ0n) is 11.6. The fourth-order valence-electron chi connectivity index (χ4n) is 1.86. The molecule has 0 saturated carbocycles. The Morgan fingerprint density at radius 2 is 2.19 bits per heavy atom. The summed E-state index contributed by atoms with van der Waals surface area (Å²) in [6.45, 7) is 3.69. The molecule has 0 fully saturated rings. The van der Waals surface area contributed by atoms with E-state index in [0.717, 1.165) is 11.3 Å². The molecule has 2 heterocycles. The van der Waals surface area contributed by atoms with Gasteiger partial charge in [-0.15, -0.1) is 11.3 Å². The minimum absolute atomic E-state index is 0.0332. The van der Waals surface area contributed by atoms with Gasteiger partial charge in [-0.1, -0.05) is 6.92 Å². The number of hydrogen-bond acceptors (Lipinski definition) is 5. The maximum absolute atomic E-state index is 12.6. The van der Waals surface area contributed by atoms with Crippen molar-refractivity contribution in [1.29, 1.82) is 0 Å². The highest BCUT2D eigenvalue weighted by Crippen LogP contribution is 2.29.